The molecule has 0 bridgehead atoms. The summed E-state index contributed by atoms with van der Waals surface area (Å²) in [6.45, 7) is 3.81. The molecule has 2 rings (SSSR count). The van der Waals surface area contributed by atoms with Crippen LogP contribution < -0.4 is 11.1 Å². The number of nitrogens with two attached hydrogens (primary N) is 1. The number of amides is 1. The maximum atomic E-state index is 12.0. The Morgan fingerprint density at radius 3 is 2.79 bits per heavy atom. The van der Waals surface area contributed by atoms with E-state index < -0.39 is 0 Å². The minimum atomic E-state index is -0.158. The summed E-state index contributed by atoms with van der Waals surface area (Å²) in [6, 6.07) is 5.11. The van der Waals surface area contributed by atoms with Crippen LogP contribution in [0.1, 0.15) is 29.6 Å². The highest BCUT2D eigenvalue weighted by Gasteiger charge is 2.13. The van der Waals surface area contributed by atoms with Gasteiger partial charge in [0.15, 0.2) is 0 Å². The number of benzene rings is 1. The molecule has 1 aliphatic rings. The quantitative estimate of drug-likeness (QED) is 0.832. The van der Waals surface area contributed by atoms with Crippen LogP contribution in [0.15, 0.2) is 18.2 Å². The van der Waals surface area contributed by atoms with Gasteiger partial charge in [0.1, 0.15) is 0 Å². The first-order chi connectivity index (χ1) is 9.18. The number of piperidine rings is 1. The van der Waals surface area contributed by atoms with E-state index in [-0.39, 0.29) is 5.91 Å². The lowest BCUT2D eigenvalue weighted by Gasteiger charge is -2.26. The van der Waals surface area contributed by atoms with Crippen molar-refractivity contribution in [1.82, 2.24) is 10.2 Å². The van der Waals surface area contributed by atoms with Crippen molar-refractivity contribution in [3.8, 4) is 0 Å². The first-order valence-corrected chi connectivity index (χ1v) is 7.11. The highest BCUT2D eigenvalue weighted by Crippen LogP contribution is 2.22. The highest BCUT2D eigenvalue weighted by molar-refractivity contribution is 6.36. The number of nitrogen functional groups attached to an aromatic ring is 1. The van der Waals surface area contributed by atoms with Crippen LogP contribution in [0.5, 0.6) is 0 Å². The Hall–Kier alpha value is -1.26. The van der Waals surface area contributed by atoms with E-state index in [0.717, 1.165) is 19.6 Å². The molecule has 1 fully saturated rings. The lowest BCUT2D eigenvalue weighted by atomic mass is 10.1. The molecule has 3 N–H and O–H groups in total. The molecular weight excluding hydrogens is 262 g/mol. The van der Waals surface area contributed by atoms with E-state index >= 15 is 0 Å². The molecule has 19 heavy (non-hydrogen) atoms. The van der Waals surface area contributed by atoms with Gasteiger partial charge in [-0.3, -0.25) is 4.79 Å². The minimum Gasteiger partial charge on any atom is -0.398 e. The summed E-state index contributed by atoms with van der Waals surface area (Å²) in [5, 5.41) is 3.23. The molecule has 0 unspecified atom stereocenters. The van der Waals surface area contributed by atoms with Crippen LogP contribution in [0.4, 0.5) is 5.69 Å². The predicted octanol–water partition coefficient (Wildman–Crippen LogP) is 2.14. The molecule has 1 amide bonds. The average molecular weight is 282 g/mol. The van der Waals surface area contributed by atoms with Crippen LogP contribution in [0.2, 0.25) is 5.02 Å². The lowest BCUT2D eigenvalue weighted by molar-refractivity contribution is 0.0947. The van der Waals surface area contributed by atoms with Gasteiger partial charge in [-0.25, -0.2) is 0 Å². The molecule has 4 nitrogen and oxygen atoms in total. The van der Waals surface area contributed by atoms with E-state index in [2.05, 4.69) is 10.2 Å². The van der Waals surface area contributed by atoms with E-state index in [1.807, 2.05) is 0 Å². The van der Waals surface area contributed by atoms with Crippen LogP contribution in [-0.2, 0) is 0 Å². The van der Waals surface area contributed by atoms with Gasteiger partial charge in [0.2, 0.25) is 0 Å². The van der Waals surface area contributed by atoms with E-state index in [9.17, 15) is 4.79 Å². The lowest BCUT2D eigenvalue weighted by Crippen LogP contribution is -2.37. The molecule has 1 aromatic carbocycles. The smallest absolute Gasteiger partial charge is 0.252 e. The van der Waals surface area contributed by atoms with E-state index in [1.165, 1.54) is 19.3 Å². The Morgan fingerprint density at radius 2 is 2.05 bits per heavy atom. The fraction of sp³-hybridized carbons (Fsp3) is 0.500. The Labute approximate surface area is 118 Å². The number of carbonyl (C=O) groups is 1. The maximum Gasteiger partial charge on any atom is 0.252 e. The van der Waals surface area contributed by atoms with Gasteiger partial charge in [0.25, 0.3) is 5.91 Å². The maximum absolute atomic E-state index is 12.0. The van der Waals surface area contributed by atoms with Crippen molar-refractivity contribution >= 4 is 23.2 Å². The fourth-order valence-corrected chi connectivity index (χ4v) is 2.54. The summed E-state index contributed by atoms with van der Waals surface area (Å²) >= 11 is 6.02. The average Bonchev–Trinajstić information content (AvgIpc) is 2.43. The molecule has 5 heteroatoms. The van der Waals surface area contributed by atoms with Crippen LogP contribution in [0.3, 0.4) is 0 Å². The molecule has 1 heterocycles. The minimum absolute atomic E-state index is 0.158. The van der Waals surface area contributed by atoms with Crippen molar-refractivity contribution in [2.75, 3.05) is 31.9 Å². The van der Waals surface area contributed by atoms with Gasteiger partial charge >= 0.3 is 0 Å². The zero-order valence-corrected chi connectivity index (χ0v) is 11.7. The van der Waals surface area contributed by atoms with E-state index in [4.69, 9.17) is 17.3 Å². The number of rotatable bonds is 4. The first kappa shape index (κ1) is 14.2. The van der Waals surface area contributed by atoms with Crippen LogP contribution in [0.25, 0.3) is 0 Å². The second-order valence-electron chi connectivity index (χ2n) is 4.87. The SMILES string of the molecule is Nc1cccc(C(=O)NCCN2CCCCC2)c1Cl. The van der Waals surface area contributed by atoms with Gasteiger partial charge in [-0.1, -0.05) is 24.1 Å². The molecule has 104 valence electrons. The van der Waals surface area contributed by atoms with Crippen LogP contribution in [-0.4, -0.2) is 37.0 Å². The Bertz CT molecular complexity index is 444. The number of carbonyl (C=O) groups excluding carboxylic acids is 1. The van der Waals surface area contributed by atoms with Gasteiger partial charge in [0, 0.05) is 13.1 Å². The third-order valence-electron chi connectivity index (χ3n) is 3.44. The predicted molar refractivity (Wildman–Crippen MR) is 78.5 cm³/mol. The topological polar surface area (TPSA) is 58.4 Å². The van der Waals surface area contributed by atoms with Gasteiger partial charge in [-0.2, -0.15) is 0 Å². The summed E-state index contributed by atoms with van der Waals surface area (Å²) in [4.78, 5) is 14.4. The Balaban J connectivity index is 1.82. The van der Waals surface area contributed by atoms with Crippen molar-refractivity contribution in [1.29, 1.82) is 0 Å². The van der Waals surface area contributed by atoms with E-state index in [1.54, 1.807) is 18.2 Å². The molecule has 0 radical (unpaired) electrons. The van der Waals surface area contributed by atoms with Gasteiger partial charge in [-0.15, -0.1) is 0 Å². The number of hydrogen-bond acceptors (Lipinski definition) is 3. The van der Waals surface area contributed by atoms with Crippen molar-refractivity contribution in [2.24, 2.45) is 0 Å². The molecule has 0 aliphatic carbocycles. The second-order valence-corrected chi connectivity index (χ2v) is 5.24. The van der Waals surface area contributed by atoms with Gasteiger partial charge in [0.05, 0.1) is 16.3 Å². The summed E-state index contributed by atoms with van der Waals surface area (Å²) in [7, 11) is 0. The van der Waals surface area contributed by atoms with Crippen LogP contribution in [0, 0.1) is 0 Å². The largest absolute Gasteiger partial charge is 0.398 e. The first-order valence-electron chi connectivity index (χ1n) is 6.73. The molecular formula is C14H20ClN3O. The zero-order valence-electron chi connectivity index (χ0n) is 11.0. The number of likely N-dealkylation sites (tertiary alicyclic amines) is 1. The van der Waals surface area contributed by atoms with Crippen molar-refractivity contribution in [3.63, 3.8) is 0 Å². The normalized spacial score (nSPS) is 16.3. The number of nitrogens with zero attached hydrogens (tertiary/aromatic N) is 1. The molecule has 0 spiro atoms. The van der Waals surface area contributed by atoms with Gasteiger partial charge in [-0.05, 0) is 38.1 Å². The monoisotopic (exact) mass is 281 g/mol. The van der Waals surface area contributed by atoms with E-state index in [0.29, 0.717) is 22.8 Å². The van der Waals surface area contributed by atoms with Gasteiger partial charge < -0.3 is 16.0 Å². The number of halogens is 1. The summed E-state index contributed by atoms with van der Waals surface area (Å²) in [5.41, 5.74) is 6.56. The zero-order chi connectivity index (χ0) is 13.7. The summed E-state index contributed by atoms with van der Waals surface area (Å²) in [5.74, 6) is -0.158. The number of anilines is 1. The summed E-state index contributed by atoms with van der Waals surface area (Å²) in [6.07, 6.45) is 3.84. The third-order valence-corrected chi connectivity index (χ3v) is 3.86. The second kappa shape index (κ2) is 6.78. The summed E-state index contributed by atoms with van der Waals surface area (Å²) < 4.78 is 0. The molecule has 0 atom stereocenters. The number of hydrogen-bond donors (Lipinski definition) is 2. The van der Waals surface area contributed by atoms with Crippen molar-refractivity contribution in [3.05, 3.63) is 28.8 Å². The highest BCUT2D eigenvalue weighted by atomic mass is 35.5. The molecule has 1 aromatic rings. The standard InChI is InChI=1S/C14H20ClN3O/c15-13-11(5-4-6-12(13)16)14(19)17-7-10-18-8-2-1-3-9-18/h4-6H,1-3,7-10,16H2,(H,17,19). The third kappa shape index (κ3) is 3.85. The van der Waals surface area contributed by atoms with Crippen molar-refractivity contribution in [2.45, 2.75) is 19.3 Å². The Morgan fingerprint density at radius 1 is 1.32 bits per heavy atom. The Kier molecular flexibility index (Phi) is 5.05. The van der Waals surface area contributed by atoms with Crippen LogP contribution >= 0.6 is 11.6 Å². The fourth-order valence-electron chi connectivity index (χ4n) is 2.33. The number of nitrogens with one attached hydrogen (secondary N) is 1. The molecule has 1 saturated heterocycles. The van der Waals surface area contributed by atoms with Crippen molar-refractivity contribution < 1.29 is 4.79 Å². The molecule has 0 saturated carbocycles. The molecule has 0 aromatic heterocycles. The molecule has 1 aliphatic heterocycles.